The summed E-state index contributed by atoms with van der Waals surface area (Å²) in [4.78, 5) is 12.4. The molecular weight excluding hydrogens is 487 g/mol. The number of hydrogen-bond donors (Lipinski definition) is 3. The van der Waals surface area contributed by atoms with Crippen molar-refractivity contribution in [3.63, 3.8) is 0 Å². The highest BCUT2D eigenvalue weighted by Gasteiger charge is 2.14. The fraction of sp³-hybridized carbons (Fsp3) is 0.0417. The Morgan fingerprint density at radius 2 is 1.66 bits per heavy atom. The van der Waals surface area contributed by atoms with Gasteiger partial charge in [-0.25, -0.2) is 4.68 Å². The maximum atomic E-state index is 12.4. The number of nitrogens with zero attached hydrogens (tertiary/aromatic N) is 5. The number of H-pyrrole nitrogens is 1. The van der Waals surface area contributed by atoms with Crippen molar-refractivity contribution in [1.82, 2.24) is 30.4 Å². The van der Waals surface area contributed by atoms with Crippen LogP contribution in [-0.2, 0) is 0 Å². The zero-order valence-electron chi connectivity index (χ0n) is 18.3. The molecular formula is C24H18Cl2N8O. The SMILES string of the molecule is Cc1ccc(-n2nc(-c3cc(Cl)cc(Cl)c3)cc2Nc2ccc(C(=O)Nc3nn[nH]n3)cc2)cc1. The predicted molar refractivity (Wildman–Crippen MR) is 136 cm³/mol. The van der Waals surface area contributed by atoms with Crippen LogP contribution < -0.4 is 10.6 Å². The van der Waals surface area contributed by atoms with Gasteiger partial charge in [0.25, 0.3) is 11.9 Å². The highest BCUT2D eigenvalue weighted by molar-refractivity contribution is 6.35. The van der Waals surface area contributed by atoms with Crippen LogP contribution in [0.2, 0.25) is 10.0 Å². The third-order valence-electron chi connectivity index (χ3n) is 5.14. The smallest absolute Gasteiger partial charge is 0.270 e. The van der Waals surface area contributed by atoms with Gasteiger partial charge in [0.1, 0.15) is 5.82 Å². The first-order chi connectivity index (χ1) is 16.9. The molecule has 1 amide bonds. The number of tetrazole rings is 1. The van der Waals surface area contributed by atoms with E-state index in [1.54, 1.807) is 35.0 Å². The average Bonchev–Trinajstić information content (AvgIpc) is 3.50. The Hall–Kier alpha value is -4.21. The molecule has 0 spiro atoms. The number of aryl methyl sites for hydroxylation is 1. The molecule has 35 heavy (non-hydrogen) atoms. The largest absolute Gasteiger partial charge is 0.340 e. The van der Waals surface area contributed by atoms with Crippen molar-refractivity contribution in [3.8, 4) is 16.9 Å². The highest BCUT2D eigenvalue weighted by atomic mass is 35.5. The lowest BCUT2D eigenvalue weighted by atomic mass is 10.1. The van der Waals surface area contributed by atoms with E-state index in [1.807, 2.05) is 49.4 Å². The molecule has 5 rings (SSSR count). The predicted octanol–water partition coefficient (Wildman–Crippen LogP) is 5.66. The average molecular weight is 505 g/mol. The van der Waals surface area contributed by atoms with Crippen molar-refractivity contribution in [2.24, 2.45) is 0 Å². The van der Waals surface area contributed by atoms with Gasteiger partial charge in [-0.15, -0.1) is 5.10 Å². The van der Waals surface area contributed by atoms with Crippen LogP contribution >= 0.6 is 23.2 Å². The summed E-state index contributed by atoms with van der Waals surface area (Å²) in [5.74, 6) is 0.486. The first-order valence-corrected chi connectivity index (χ1v) is 11.3. The van der Waals surface area contributed by atoms with Crippen molar-refractivity contribution < 1.29 is 4.79 Å². The van der Waals surface area contributed by atoms with Gasteiger partial charge in [0.15, 0.2) is 0 Å². The van der Waals surface area contributed by atoms with Crippen molar-refractivity contribution in [3.05, 3.63) is 94.0 Å². The van der Waals surface area contributed by atoms with E-state index in [2.05, 4.69) is 31.3 Å². The van der Waals surface area contributed by atoms with Crippen LogP contribution in [0.1, 0.15) is 15.9 Å². The Kier molecular flexibility index (Phi) is 6.17. The molecule has 0 bridgehead atoms. The van der Waals surface area contributed by atoms with Gasteiger partial charge < -0.3 is 5.32 Å². The van der Waals surface area contributed by atoms with Crippen LogP contribution in [0.5, 0.6) is 0 Å². The standard InChI is InChI=1S/C24H18Cl2N8O/c1-14-2-8-20(9-3-14)34-22(13-21(31-34)16-10-17(25)12-18(26)11-16)27-19-6-4-15(5-7-19)23(35)28-24-29-32-33-30-24/h2-13,27H,1H3,(H2,28,29,30,32,33,35). The molecule has 0 saturated heterocycles. The summed E-state index contributed by atoms with van der Waals surface area (Å²) in [6, 6.07) is 22.2. The summed E-state index contributed by atoms with van der Waals surface area (Å²) in [5.41, 5.74) is 4.74. The van der Waals surface area contributed by atoms with E-state index in [4.69, 9.17) is 28.3 Å². The summed E-state index contributed by atoms with van der Waals surface area (Å²) in [6.07, 6.45) is 0. The minimum Gasteiger partial charge on any atom is -0.340 e. The fourth-order valence-corrected chi connectivity index (χ4v) is 3.96. The molecule has 0 atom stereocenters. The van der Waals surface area contributed by atoms with Gasteiger partial charge in [-0.1, -0.05) is 46.0 Å². The molecule has 11 heteroatoms. The third kappa shape index (κ3) is 5.16. The lowest BCUT2D eigenvalue weighted by Crippen LogP contribution is -2.13. The molecule has 0 fully saturated rings. The number of amides is 1. The summed E-state index contributed by atoms with van der Waals surface area (Å²) in [7, 11) is 0. The second kappa shape index (κ2) is 9.57. The number of anilines is 3. The Morgan fingerprint density at radius 1 is 0.943 bits per heavy atom. The van der Waals surface area contributed by atoms with E-state index in [0.717, 1.165) is 28.3 Å². The van der Waals surface area contributed by atoms with Gasteiger partial charge in [-0.2, -0.15) is 10.3 Å². The highest BCUT2D eigenvalue weighted by Crippen LogP contribution is 2.31. The van der Waals surface area contributed by atoms with Crippen LogP contribution in [-0.4, -0.2) is 36.3 Å². The Balaban J connectivity index is 1.45. The molecule has 0 saturated carbocycles. The number of carbonyl (C=O) groups excluding carboxylic acids is 1. The molecule has 2 aromatic heterocycles. The van der Waals surface area contributed by atoms with E-state index in [9.17, 15) is 4.79 Å². The van der Waals surface area contributed by atoms with E-state index >= 15 is 0 Å². The van der Waals surface area contributed by atoms with E-state index in [-0.39, 0.29) is 11.9 Å². The first-order valence-electron chi connectivity index (χ1n) is 10.5. The van der Waals surface area contributed by atoms with Gasteiger partial charge in [-0.3, -0.25) is 10.1 Å². The molecule has 0 aliphatic heterocycles. The quantitative estimate of drug-likeness (QED) is 0.274. The van der Waals surface area contributed by atoms with Gasteiger partial charge in [0.05, 0.1) is 11.4 Å². The molecule has 5 aromatic rings. The van der Waals surface area contributed by atoms with E-state index in [0.29, 0.717) is 21.3 Å². The molecule has 0 radical (unpaired) electrons. The summed E-state index contributed by atoms with van der Waals surface area (Å²) < 4.78 is 1.81. The maximum Gasteiger partial charge on any atom is 0.270 e. The fourth-order valence-electron chi connectivity index (χ4n) is 3.44. The third-order valence-corrected chi connectivity index (χ3v) is 5.57. The number of hydrogen-bond acceptors (Lipinski definition) is 6. The van der Waals surface area contributed by atoms with Crippen LogP contribution in [0, 0.1) is 6.92 Å². The molecule has 9 nitrogen and oxygen atoms in total. The Bertz CT molecular complexity index is 1460. The molecule has 174 valence electrons. The second-order valence-corrected chi connectivity index (χ2v) is 8.59. The summed E-state index contributed by atoms with van der Waals surface area (Å²) in [5, 5.41) is 24.9. The number of aromatic nitrogens is 6. The molecule has 2 heterocycles. The summed E-state index contributed by atoms with van der Waals surface area (Å²) >= 11 is 12.4. The number of halogens is 2. The van der Waals surface area contributed by atoms with Crippen LogP contribution in [0.15, 0.2) is 72.8 Å². The van der Waals surface area contributed by atoms with Gasteiger partial charge in [0.2, 0.25) is 0 Å². The number of carbonyl (C=O) groups is 1. The summed E-state index contributed by atoms with van der Waals surface area (Å²) in [6.45, 7) is 2.03. The van der Waals surface area contributed by atoms with Gasteiger partial charge >= 0.3 is 0 Å². The van der Waals surface area contributed by atoms with E-state index in [1.165, 1.54) is 0 Å². The van der Waals surface area contributed by atoms with Crippen molar-refractivity contribution in [1.29, 1.82) is 0 Å². The van der Waals surface area contributed by atoms with Crippen molar-refractivity contribution >= 4 is 46.6 Å². The van der Waals surface area contributed by atoms with Crippen molar-refractivity contribution in [2.75, 3.05) is 10.6 Å². The monoisotopic (exact) mass is 504 g/mol. The van der Waals surface area contributed by atoms with Gasteiger partial charge in [0, 0.05) is 32.9 Å². The van der Waals surface area contributed by atoms with Crippen LogP contribution in [0.25, 0.3) is 16.9 Å². The normalized spacial score (nSPS) is 10.8. The second-order valence-electron chi connectivity index (χ2n) is 7.71. The molecule has 0 unspecified atom stereocenters. The van der Waals surface area contributed by atoms with Crippen LogP contribution in [0.3, 0.4) is 0 Å². The zero-order chi connectivity index (χ0) is 24.4. The lowest BCUT2D eigenvalue weighted by molar-refractivity contribution is 0.102. The Labute approximate surface area is 210 Å². The number of aromatic amines is 1. The van der Waals surface area contributed by atoms with Gasteiger partial charge in [-0.05, 0) is 66.7 Å². The first kappa shape index (κ1) is 22.6. The van der Waals surface area contributed by atoms with E-state index < -0.39 is 0 Å². The minimum absolute atomic E-state index is 0.104. The molecule has 0 aliphatic rings. The maximum absolute atomic E-state index is 12.4. The number of nitrogens with one attached hydrogen (secondary N) is 3. The topological polar surface area (TPSA) is 113 Å². The molecule has 0 aliphatic carbocycles. The zero-order valence-corrected chi connectivity index (χ0v) is 19.8. The van der Waals surface area contributed by atoms with Crippen LogP contribution in [0.4, 0.5) is 17.5 Å². The number of benzene rings is 3. The minimum atomic E-state index is -0.345. The number of rotatable bonds is 6. The Morgan fingerprint density at radius 3 is 2.31 bits per heavy atom. The lowest BCUT2D eigenvalue weighted by Gasteiger charge is -2.10. The van der Waals surface area contributed by atoms with Crippen molar-refractivity contribution in [2.45, 2.75) is 6.92 Å². The molecule has 3 N–H and O–H groups in total. The molecule has 3 aromatic carbocycles.